The average molecular weight is 268 g/mol. The van der Waals surface area contributed by atoms with Gasteiger partial charge in [0.15, 0.2) is 0 Å². The topological polar surface area (TPSA) is 38.9 Å². The lowest BCUT2D eigenvalue weighted by Crippen LogP contribution is -2.13. The maximum absolute atomic E-state index is 5.96. The van der Waals surface area contributed by atoms with Gasteiger partial charge in [0.05, 0.1) is 10.2 Å². The lowest BCUT2D eigenvalue weighted by atomic mass is 10.0. The van der Waals surface area contributed by atoms with Crippen LogP contribution in [0.25, 0.3) is 10.2 Å². The molecule has 0 saturated heterocycles. The molecule has 0 amide bonds. The van der Waals surface area contributed by atoms with E-state index in [9.17, 15) is 0 Å². The zero-order chi connectivity index (χ0) is 13.2. The first-order chi connectivity index (χ1) is 9.28. The number of nitrogens with two attached hydrogens (primary N) is 1. The zero-order valence-corrected chi connectivity index (χ0v) is 11.7. The number of aromatic nitrogens is 1. The van der Waals surface area contributed by atoms with Crippen molar-refractivity contribution in [2.45, 2.75) is 12.8 Å². The van der Waals surface area contributed by atoms with Crippen LogP contribution in [0.3, 0.4) is 0 Å². The second kappa shape index (κ2) is 5.11. The molecule has 1 aromatic heterocycles. The van der Waals surface area contributed by atoms with Crippen molar-refractivity contribution in [1.29, 1.82) is 0 Å². The van der Waals surface area contributed by atoms with E-state index < -0.39 is 0 Å². The van der Waals surface area contributed by atoms with Crippen molar-refractivity contribution in [3.63, 3.8) is 0 Å². The third kappa shape index (κ3) is 2.39. The first-order valence-corrected chi connectivity index (χ1v) is 7.21. The molecular formula is C16H16N2S. The third-order valence-electron chi connectivity index (χ3n) is 3.30. The highest BCUT2D eigenvalue weighted by Crippen LogP contribution is 2.31. The molecule has 19 heavy (non-hydrogen) atoms. The monoisotopic (exact) mass is 268 g/mol. The Hall–Kier alpha value is -1.71. The lowest BCUT2D eigenvalue weighted by molar-refractivity contribution is 0.812. The summed E-state index contributed by atoms with van der Waals surface area (Å²) in [4.78, 5) is 4.76. The highest BCUT2D eigenvalue weighted by atomic mass is 32.1. The highest BCUT2D eigenvalue weighted by Gasteiger charge is 2.16. The van der Waals surface area contributed by atoms with Crippen molar-refractivity contribution in [2.24, 2.45) is 5.73 Å². The molecule has 3 heteroatoms. The van der Waals surface area contributed by atoms with E-state index >= 15 is 0 Å². The zero-order valence-electron chi connectivity index (χ0n) is 10.8. The van der Waals surface area contributed by atoms with Crippen LogP contribution in [-0.2, 0) is 0 Å². The van der Waals surface area contributed by atoms with Crippen LogP contribution in [0.5, 0.6) is 0 Å². The molecule has 0 bridgehead atoms. The number of benzene rings is 2. The Morgan fingerprint density at radius 2 is 1.95 bits per heavy atom. The molecule has 1 atom stereocenters. The third-order valence-corrected chi connectivity index (χ3v) is 4.45. The summed E-state index contributed by atoms with van der Waals surface area (Å²) >= 11 is 1.74. The standard InChI is InChI=1S/C16H16N2S/c1-11-7-8-15-14(9-11)18-16(19-15)13(10-17)12-5-3-2-4-6-12/h2-9,13H,10,17H2,1H3. The molecule has 0 saturated carbocycles. The summed E-state index contributed by atoms with van der Waals surface area (Å²) in [7, 11) is 0. The number of fused-ring (bicyclic) bond motifs is 1. The summed E-state index contributed by atoms with van der Waals surface area (Å²) in [6.45, 7) is 2.68. The predicted octanol–water partition coefficient (Wildman–Crippen LogP) is 3.70. The first kappa shape index (κ1) is 12.3. The number of hydrogen-bond donors (Lipinski definition) is 1. The maximum atomic E-state index is 5.96. The van der Waals surface area contributed by atoms with E-state index in [1.54, 1.807) is 11.3 Å². The fraction of sp³-hybridized carbons (Fsp3) is 0.188. The summed E-state index contributed by atoms with van der Waals surface area (Å²) in [5.41, 5.74) is 9.51. The molecular weight excluding hydrogens is 252 g/mol. The van der Waals surface area contributed by atoms with Crippen LogP contribution in [0.2, 0.25) is 0 Å². The van der Waals surface area contributed by atoms with Gasteiger partial charge in [0, 0.05) is 12.5 Å². The van der Waals surface area contributed by atoms with E-state index in [2.05, 4.69) is 49.4 Å². The predicted molar refractivity (Wildman–Crippen MR) is 81.7 cm³/mol. The second-order valence-electron chi connectivity index (χ2n) is 4.72. The molecule has 2 aromatic carbocycles. The number of rotatable bonds is 3. The number of hydrogen-bond acceptors (Lipinski definition) is 3. The first-order valence-electron chi connectivity index (χ1n) is 6.40. The molecule has 0 aliphatic carbocycles. The Morgan fingerprint density at radius 3 is 2.68 bits per heavy atom. The lowest BCUT2D eigenvalue weighted by Gasteiger charge is -2.11. The van der Waals surface area contributed by atoms with E-state index in [-0.39, 0.29) is 5.92 Å². The molecule has 2 nitrogen and oxygen atoms in total. The Bertz CT molecular complexity index is 688. The van der Waals surface area contributed by atoms with Gasteiger partial charge >= 0.3 is 0 Å². The quantitative estimate of drug-likeness (QED) is 0.786. The number of nitrogens with zero attached hydrogens (tertiary/aromatic N) is 1. The van der Waals surface area contributed by atoms with E-state index in [1.807, 2.05) is 6.07 Å². The van der Waals surface area contributed by atoms with E-state index in [4.69, 9.17) is 10.7 Å². The molecule has 96 valence electrons. The molecule has 2 N–H and O–H groups in total. The second-order valence-corrected chi connectivity index (χ2v) is 5.78. The van der Waals surface area contributed by atoms with Crippen molar-refractivity contribution in [3.05, 3.63) is 64.7 Å². The average Bonchev–Trinajstić information content (AvgIpc) is 2.83. The largest absolute Gasteiger partial charge is 0.329 e. The van der Waals surface area contributed by atoms with Crippen LogP contribution < -0.4 is 5.73 Å². The fourth-order valence-corrected chi connectivity index (χ4v) is 3.36. The van der Waals surface area contributed by atoms with Crippen molar-refractivity contribution >= 4 is 21.6 Å². The van der Waals surface area contributed by atoms with Gasteiger partial charge in [-0.3, -0.25) is 0 Å². The summed E-state index contributed by atoms with van der Waals surface area (Å²) < 4.78 is 1.23. The van der Waals surface area contributed by atoms with Gasteiger partial charge in [-0.1, -0.05) is 36.4 Å². The van der Waals surface area contributed by atoms with Gasteiger partial charge in [-0.05, 0) is 30.2 Å². The molecule has 1 heterocycles. The smallest absolute Gasteiger partial charge is 0.103 e. The molecule has 1 unspecified atom stereocenters. The van der Waals surface area contributed by atoms with Gasteiger partial charge < -0.3 is 5.73 Å². The molecule has 3 aromatic rings. The van der Waals surface area contributed by atoms with Gasteiger partial charge in [0.1, 0.15) is 5.01 Å². The van der Waals surface area contributed by atoms with Crippen LogP contribution >= 0.6 is 11.3 Å². The SMILES string of the molecule is Cc1ccc2sc(C(CN)c3ccccc3)nc2c1. The Kier molecular flexibility index (Phi) is 3.32. The van der Waals surface area contributed by atoms with Gasteiger partial charge in [-0.15, -0.1) is 11.3 Å². The van der Waals surface area contributed by atoms with E-state index in [0.29, 0.717) is 6.54 Å². The Balaban J connectivity index is 2.07. The normalized spacial score (nSPS) is 12.7. The molecule has 0 aliphatic heterocycles. The Labute approximate surface area is 116 Å². The van der Waals surface area contributed by atoms with Crippen LogP contribution in [0.1, 0.15) is 22.1 Å². The van der Waals surface area contributed by atoms with Crippen molar-refractivity contribution < 1.29 is 0 Å². The number of thiazole rings is 1. The molecule has 3 rings (SSSR count). The molecule has 0 aliphatic rings. The maximum Gasteiger partial charge on any atom is 0.103 e. The van der Waals surface area contributed by atoms with Crippen LogP contribution in [-0.4, -0.2) is 11.5 Å². The molecule has 0 radical (unpaired) electrons. The van der Waals surface area contributed by atoms with Gasteiger partial charge in [-0.2, -0.15) is 0 Å². The summed E-state index contributed by atoms with van der Waals surface area (Å²) in [5.74, 6) is 0.193. The summed E-state index contributed by atoms with van der Waals surface area (Å²) in [6.07, 6.45) is 0. The van der Waals surface area contributed by atoms with Crippen molar-refractivity contribution in [3.8, 4) is 0 Å². The molecule has 0 spiro atoms. The minimum Gasteiger partial charge on any atom is -0.329 e. The number of aryl methyl sites for hydroxylation is 1. The fourth-order valence-electron chi connectivity index (χ4n) is 2.27. The van der Waals surface area contributed by atoms with Crippen LogP contribution in [0.4, 0.5) is 0 Å². The minimum atomic E-state index is 0.193. The van der Waals surface area contributed by atoms with E-state index in [0.717, 1.165) is 10.5 Å². The van der Waals surface area contributed by atoms with E-state index in [1.165, 1.54) is 15.8 Å². The van der Waals surface area contributed by atoms with Gasteiger partial charge in [0.2, 0.25) is 0 Å². The van der Waals surface area contributed by atoms with Gasteiger partial charge in [-0.25, -0.2) is 4.98 Å². The Morgan fingerprint density at radius 1 is 1.16 bits per heavy atom. The van der Waals surface area contributed by atoms with Crippen LogP contribution in [0, 0.1) is 6.92 Å². The van der Waals surface area contributed by atoms with Crippen molar-refractivity contribution in [2.75, 3.05) is 6.54 Å². The van der Waals surface area contributed by atoms with Crippen LogP contribution in [0.15, 0.2) is 48.5 Å². The summed E-state index contributed by atoms with van der Waals surface area (Å²) in [5, 5.41) is 1.11. The summed E-state index contributed by atoms with van der Waals surface area (Å²) in [6, 6.07) is 16.8. The minimum absolute atomic E-state index is 0.193. The molecule has 0 fully saturated rings. The van der Waals surface area contributed by atoms with Crippen molar-refractivity contribution in [1.82, 2.24) is 4.98 Å². The highest BCUT2D eigenvalue weighted by molar-refractivity contribution is 7.18. The van der Waals surface area contributed by atoms with Gasteiger partial charge in [0.25, 0.3) is 0 Å².